The molecule has 1 aliphatic rings. The van der Waals surface area contributed by atoms with E-state index in [2.05, 4.69) is 25.9 Å². The lowest BCUT2D eigenvalue weighted by Crippen LogP contribution is -2.36. The Morgan fingerprint density at radius 3 is 2.57 bits per heavy atom. The number of carbonyl (C=O) groups is 2. The van der Waals surface area contributed by atoms with Gasteiger partial charge in [-0.1, -0.05) is 19.4 Å². The number of hydrogen-bond donors (Lipinski definition) is 0. The van der Waals surface area contributed by atoms with Crippen LogP contribution in [0.2, 0.25) is 0 Å². The number of ether oxygens (including phenoxy) is 1. The summed E-state index contributed by atoms with van der Waals surface area (Å²) in [6, 6.07) is 7.15. The van der Waals surface area contributed by atoms with Crippen LogP contribution < -0.4 is 0 Å². The van der Waals surface area contributed by atoms with E-state index in [0.717, 1.165) is 25.9 Å². The van der Waals surface area contributed by atoms with Crippen LogP contribution in [0.15, 0.2) is 24.3 Å². The second-order valence-electron chi connectivity index (χ2n) is 6.36. The Morgan fingerprint density at radius 1 is 1.26 bits per heavy atom. The zero-order chi connectivity index (χ0) is 17.0. The lowest BCUT2D eigenvalue weighted by Gasteiger charge is -2.24. The number of rotatable bonds is 5. The van der Waals surface area contributed by atoms with Gasteiger partial charge < -0.3 is 14.5 Å². The van der Waals surface area contributed by atoms with E-state index in [4.69, 9.17) is 4.74 Å². The van der Waals surface area contributed by atoms with Gasteiger partial charge in [0.1, 0.15) is 0 Å². The first kappa shape index (κ1) is 17.5. The fourth-order valence-electron chi connectivity index (χ4n) is 3.34. The number of carbonyl (C=O) groups excluding carboxylic acids is 2. The highest BCUT2D eigenvalue weighted by Gasteiger charge is 2.36. The molecule has 126 valence electrons. The Morgan fingerprint density at radius 2 is 1.96 bits per heavy atom. The third-order valence-corrected chi connectivity index (χ3v) is 4.55. The molecule has 5 heteroatoms. The largest absolute Gasteiger partial charge is 0.465 e. The molecule has 2 atom stereocenters. The maximum absolute atomic E-state index is 12.8. The van der Waals surface area contributed by atoms with E-state index in [9.17, 15) is 9.59 Å². The summed E-state index contributed by atoms with van der Waals surface area (Å²) in [7, 11) is 5.48. The molecule has 0 N–H and O–H groups in total. The van der Waals surface area contributed by atoms with Crippen molar-refractivity contribution in [2.24, 2.45) is 5.92 Å². The molecule has 0 unspecified atom stereocenters. The maximum atomic E-state index is 12.8. The van der Waals surface area contributed by atoms with Crippen molar-refractivity contribution in [3.8, 4) is 0 Å². The molecule has 1 saturated heterocycles. The van der Waals surface area contributed by atoms with Crippen LogP contribution in [0.3, 0.4) is 0 Å². The number of nitrogens with zero attached hydrogens (tertiary/aromatic N) is 2. The second kappa shape index (κ2) is 7.59. The average molecular weight is 318 g/mol. The van der Waals surface area contributed by atoms with E-state index in [-0.39, 0.29) is 5.91 Å². The fraction of sp³-hybridized carbons (Fsp3) is 0.556. The van der Waals surface area contributed by atoms with Gasteiger partial charge in [-0.15, -0.1) is 0 Å². The van der Waals surface area contributed by atoms with Gasteiger partial charge in [0.25, 0.3) is 5.91 Å². The van der Waals surface area contributed by atoms with Crippen LogP contribution in [-0.4, -0.2) is 62.0 Å². The lowest BCUT2D eigenvalue weighted by molar-refractivity contribution is 0.0600. The molecule has 0 saturated carbocycles. The van der Waals surface area contributed by atoms with Gasteiger partial charge in [-0.3, -0.25) is 4.79 Å². The normalized spacial score (nSPS) is 20.8. The molecule has 2 rings (SSSR count). The standard InChI is InChI=1S/C18H26N2O3/c1-5-7-15-11-20(12-16(15)19(2)3)17(21)13-8-6-9-14(10-13)18(22)23-4/h6,8-10,15-16H,5,7,11-12H2,1-4H3/t15-,16-/m1/s1. The monoisotopic (exact) mass is 318 g/mol. The van der Waals surface area contributed by atoms with Crippen LogP contribution in [0.5, 0.6) is 0 Å². The lowest BCUT2D eigenvalue weighted by atomic mass is 9.98. The van der Waals surface area contributed by atoms with Crippen LogP contribution >= 0.6 is 0 Å². The summed E-state index contributed by atoms with van der Waals surface area (Å²) >= 11 is 0. The van der Waals surface area contributed by atoms with Gasteiger partial charge in [0.15, 0.2) is 0 Å². The van der Waals surface area contributed by atoms with Crippen molar-refractivity contribution in [3.63, 3.8) is 0 Å². The Bertz CT molecular complexity index is 571. The topological polar surface area (TPSA) is 49.9 Å². The molecule has 0 radical (unpaired) electrons. The van der Waals surface area contributed by atoms with Crippen molar-refractivity contribution in [1.29, 1.82) is 0 Å². The third kappa shape index (κ3) is 3.91. The molecule has 0 bridgehead atoms. The molecule has 1 amide bonds. The van der Waals surface area contributed by atoms with Gasteiger partial charge in [-0.25, -0.2) is 4.79 Å². The van der Waals surface area contributed by atoms with Gasteiger partial charge in [-0.05, 0) is 44.6 Å². The molecule has 1 aromatic carbocycles. The number of benzene rings is 1. The number of hydrogen-bond acceptors (Lipinski definition) is 4. The zero-order valence-corrected chi connectivity index (χ0v) is 14.4. The molecule has 23 heavy (non-hydrogen) atoms. The highest BCUT2D eigenvalue weighted by Crippen LogP contribution is 2.26. The fourth-order valence-corrected chi connectivity index (χ4v) is 3.34. The molecule has 1 aromatic rings. The summed E-state index contributed by atoms with van der Waals surface area (Å²) in [5.74, 6) is 0.0695. The van der Waals surface area contributed by atoms with Gasteiger partial charge in [0, 0.05) is 24.7 Å². The predicted molar refractivity (Wildman–Crippen MR) is 89.6 cm³/mol. The first-order valence-corrected chi connectivity index (χ1v) is 8.12. The highest BCUT2D eigenvalue weighted by molar-refractivity contribution is 5.98. The minimum absolute atomic E-state index is 0.0128. The molecular formula is C18H26N2O3. The first-order valence-electron chi connectivity index (χ1n) is 8.12. The summed E-state index contributed by atoms with van der Waals surface area (Å²) in [6.07, 6.45) is 2.24. The van der Waals surface area contributed by atoms with Crippen molar-refractivity contribution in [1.82, 2.24) is 9.80 Å². The molecule has 1 heterocycles. The van der Waals surface area contributed by atoms with Crippen LogP contribution in [0.25, 0.3) is 0 Å². The van der Waals surface area contributed by atoms with Crippen LogP contribution in [0.1, 0.15) is 40.5 Å². The number of methoxy groups -OCH3 is 1. The molecular weight excluding hydrogens is 292 g/mol. The molecule has 0 aliphatic carbocycles. The molecule has 1 fully saturated rings. The van der Waals surface area contributed by atoms with E-state index in [1.54, 1.807) is 24.3 Å². The number of amides is 1. The number of likely N-dealkylation sites (tertiary alicyclic amines) is 1. The van der Waals surface area contributed by atoms with Crippen LogP contribution in [0.4, 0.5) is 0 Å². The van der Waals surface area contributed by atoms with Gasteiger partial charge in [-0.2, -0.15) is 0 Å². The smallest absolute Gasteiger partial charge is 0.337 e. The van der Waals surface area contributed by atoms with Crippen molar-refractivity contribution in [2.45, 2.75) is 25.8 Å². The van der Waals surface area contributed by atoms with E-state index in [0.29, 0.717) is 23.1 Å². The van der Waals surface area contributed by atoms with E-state index in [1.807, 2.05) is 4.90 Å². The summed E-state index contributed by atoms with van der Waals surface area (Å²) in [6.45, 7) is 3.69. The summed E-state index contributed by atoms with van der Waals surface area (Å²) in [5.41, 5.74) is 0.953. The van der Waals surface area contributed by atoms with Crippen molar-refractivity contribution in [3.05, 3.63) is 35.4 Å². The SMILES string of the molecule is CCC[C@@H]1CN(C(=O)c2cccc(C(=O)OC)c2)C[C@H]1N(C)C. The van der Waals surface area contributed by atoms with Gasteiger partial charge in [0.2, 0.25) is 0 Å². The molecule has 0 aromatic heterocycles. The average Bonchev–Trinajstić information content (AvgIpc) is 2.98. The van der Waals surface area contributed by atoms with Crippen LogP contribution in [-0.2, 0) is 4.74 Å². The van der Waals surface area contributed by atoms with E-state index >= 15 is 0 Å². The Labute approximate surface area is 138 Å². The van der Waals surface area contributed by atoms with Crippen molar-refractivity contribution in [2.75, 3.05) is 34.3 Å². The second-order valence-corrected chi connectivity index (χ2v) is 6.36. The molecule has 1 aliphatic heterocycles. The van der Waals surface area contributed by atoms with Crippen molar-refractivity contribution < 1.29 is 14.3 Å². The molecule has 5 nitrogen and oxygen atoms in total. The van der Waals surface area contributed by atoms with E-state index < -0.39 is 5.97 Å². The quantitative estimate of drug-likeness (QED) is 0.782. The minimum atomic E-state index is -0.420. The van der Waals surface area contributed by atoms with Crippen molar-refractivity contribution >= 4 is 11.9 Å². The van der Waals surface area contributed by atoms with E-state index in [1.165, 1.54) is 7.11 Å². The number of likely N-dealkylation sites (N-methyl/N-ethyl adjacent to an activating group) is 1. The number of esters is 1. The molecule has 0 spiro atoms. The zero-order valence-electron chi connectivity index (χ0n) is 14.4. The summed E-state index contributed by atoms with van der Waals surface area (Å²) in [4.78, 5) is 28.5. The Balaban J connectivity index is 2.16. The Hall–Kier alpha value is -1.88. The van der Waals surface area contributed by atoms with Gasteiger partial charge in [0.05, 0.1) is 12.7 Å². The summed E-state index contributed by atoms with van der Waals surface area (Å²) in [5, 5.41) is 0. The minimum Gasteiger partial charge on any atom is -0.465 e. The van der Waals surface area contributed by atoms with Gasteiger partial charge >= 0.3 is 5.97 Å². The highest BCUT2D eigenvalue weighted by atomic mass is 16.5. The first-order chi connectivity index (χ1) is 11.0. The summed E-state index contributed by atoms with van der Waals surface area (Å²) < 4.78 is 4.72. The maximum Gasteiger partial charge on any atom is 0.337 e. The van der Waals surface area contributed by atoms with Crippen LogP contribution in [0, 0.1) is 5.92 Å². The predicted octanol–water partition coefficient (Wildman–Crippen LogP) is 2.28. The third-order valence-electron chi connectivity index (χ3n) is 4.55. The Kier molecular flexibility index (Phi) is 5.77.